The van der Waals surface area contributed by atoms with Crippen molar-refractivity contribution < 1.29 is 27.4 Å². The number of ether oxygens (including phenoxy) is 3. The lowest BCUT2D eigenvalue weighted by Gasteiger charge is -2.36. The Labute approximate surface area is 239 Å². The maximum atomic E-state index is 14.0. The average molecular weight is 586 g/mol. The Morgan fingerprint density at radius 3 is 2.45 bits per heavy atom. The maximum absolute atomic E-state index is 14.0. The van der Waals surface area contributed by atoms with E-state index < -0.39 is 10.0 Å². The highest BCUT2D eigenvalue weighted by atomic mass is 35.5. The summed E-state index contributed by atoms with van der Waals surface area (Å²) < 4.78 is 45.4. The SMILES string of the molecule is COc1ccc(C)cc1S(=O)(=O)N(CC(=O)N1CCN(Cc2ccc3c(c2)OCO3)CC1)c1ccc(C)c(Cl)c1. The second-order valence-corrected chi connectivity index (χ2v) is 12.2. The van der Waals surface area contributed by atoms with Crippen LogP contribution in [0.4, 0.5) is 5.69 Å². The van der Waals surface area contributed by atoms with Crippen molar-refractivity contribution in [3.05, 3.63) is 76.3 Å². The molecule has 0 unspecified atom stereocenters. The van der Waals surface area contributed by atoms with E-state index in [1.807, 2.05) is 25.1 Å². The normalized spacial score (nSPS) is 15.2. The third kappa shape index (κ3) is 5.84. The van der Waals surface area contributed by atoms with E-state index in [-0.39, 0.29) is 29.9 Å². The van der Waals surface area contributed by atoms with E-state index in [2.05, 4.69) is 4.90 Å². The third-order valence-corrected chi connectivity index (χ3v) is 9.38. The van der Waals surface area contributed by atoms with E-state index >= 15 is 0 Å². The molecule has 40 heavy (non-hydrogen) atoms. The van der Waals surface area contributed by atoms with Crippen LogP contribution in [0.5, 0.6) is 17.2 Å². The zero-order chi connectivity index (χ0) is 28.4. The van der Waals surface area contributed by atoms with Gasteiger partial charge in [-0.3, -0.25) is 14.0 Å². The number of halogens is 1. The third-order valence-electron chi connectivity index (χ3n) is 7.18. The smallest absolute Gasteiger partial charge is 0.268 e. The lowest BCUT2D eigenvalue weighted by Crippen LogP contribution is -2.51. The van der Waals surface area contributed by atoms with Crippen LogP contribution < -0.4 is 18.5 Å². The highest BCUT2D eigenvalue weighted by molar-refractivity contribution is 7.93. The standard InChI is InChI=1S/C29H32ClN3O6S/c1-20-4-8-26(37-3)28(14-20)40(35,36)33(23-7-5-21(2)24(30)16-23)18-29(34)32-12-10-31(11-13-32)17-22-6-9-25-27(15-22)39-19-38-25/h4-9,14-16H,10-13,17-19H2,1-3H3. The van der Waals surface area contributed by atoms with E-state index in [9.17, 15) is 13.2 Å². The summed E-state index contributed by atoms with van der Waals surface area (Å²) in [6.07, 6.45) is 0. The molecule has 0 radical (unpaired) electrons. The molecule has 0 bridgehead atoms. The van der Waals surface area contributed by atoms with E-state index in [0.29, 0.717) is 43.4 Å². The molecule has 0 saturated carbocycles. The Bertz CT molecular complexity index is 1520. The topological polar surface area (TPSA) is 88.6 Å². The number of nitrogens with zero attached hydrogens (tertiary/aromatic N) is 3. The number of hydrogen-bond acceptors (Lipinski definition) is 7. The molecule has 0 aliphatic carbocycles. The van der Waals surface area contributed by atoms with Gasteiger partial charge < -0.3 is 19.1 Å². The van der Waals surface area contributed by atoms with Gasteiger partial charge in [0.05, 0.1) is 12.8 Å². The molecular formula is C29H32ClN3O6S. The van der Waals surface area contributed by atoms with Crippen molar-refractivity contribution in [3.63, 3.8) is 0 Å². The van der Waals surface area contributed by atoms with E-state index in [1.54, 1.807) is 48.2 Å². The van der Waals surface area contributed by atoms with Gasteiger partial charge in [-0.15, -0.1) is 0 Å². The number of methoxy groups -OCH3 is 1. The van der Waals surface area contributed by atoms with Crippen LogP contribution in [-0.4, -0.2) is 70.8 Å². The molecule has 2 aliphatic heterocycles. The molecular weight excluding hydrogens is 554 g/mol. The van der Waals surface area contributed by atoms with Crippen molar-refractivity contribution >= 4 is 33.2 Å². The van der Waals surface area contributed by atoms with Gasteiger partial charge in [0.2, 0.25) is 12.7 Å². The Morgan fingerprint density at radius 1 is 0.975 bits per heavy atom. The van der Waals surface area contributed by atoms with Gasteiger partial charge in [0, 0.05) is 37.7 Å². The summed E-state index contributed by atoms with van der Waals surface area (Å²) in [7, 11) is -2.75. The van der Waals surface area contributed by atoms with Crippen molar-refractivity contribution in [2.75, 3.05) is 50.9 Å². The number of aryl methyl sites for hydroxylation is 2. The van der Waals surface area contributed by atoms with Crippen LogP contribution in [0, 0.1) is 13.8 Å². The first-order valence-electron chi connectivity index (χ1n) is 13.0. The van der Waals surface area contributed by atoms with Gasteiger partial charge in [-0.1, -0.05) is 29.8 Å². The first kappa shape index (κ1) is 28.1. The number of piperazine rings is 1. The molecule has 0 spiro atoms. The van der Waals surface area contributed by atoms with Gasteiger partial charge in [-0.05, 0) is 66.9 Å². The van der Waals surface area contributed by atoms with Crippen molar-refractivity contribution in [3.8, 4) is 17.2 Å². The molecule has 2 heterocycles. The second-order valence-electron chi connectivity index (χ2n) is 9.94. The van der Waals surface area contributed by atoms with Crippen LogP contribution >= 0.6 is 11.6 Å². The van der Waals surface area contributed by atoms with Crippen LogP contribution in [0.25, 0.3) is 0 Å². The Morgan fingerprint density at radius 2 is 1.73 bits per heavy atom. The van der Waals surface area contributed by atoms with Crippen molar-refractivity contribution in [2.45, 2.75) is 25.3 Å². The highest BCUT2D eigenvalue weighted by Crippen LogP contribution is 2.34. The zero-order valence-corrected chi connectivity index (χ0v) is 24.3. The van der Waals surface area contributed by atoms with E-state index in [0.717, 1.165) is 32.5 Å². The summed E-state index contributed by atoms with van der Waals surface area (Å²) in [6.45, 7) is 6.53. The van der Waals surface area contributed by atoms with Crippen molar-refractivity contribution in [1.29, 1.82) is 0 Å². The monoisotopic (exact) mass is 585 g/mol. The number of benzene rings is 3. The number of rotatable bonds is 8. The van der Waals surface area contributed by atoms with Gasteiger partial charge in [0.25, 0.3) is 10.0 Å². The number of anilines is 1. The molecule has 11 heteroatoms. The summed E-state index contributed by atoms with van der Waals surface area (Å²) >= 11 is 6.37. The molecule has 3 aromatic carbocycles. The molecule has 1 amide bonds. The first-order chi connectivity index (χ1) is 19.2. The number of amides is 1. The Kier molecular flexibility index (Phi) is 8.11. The average Bonchev–Trinajstić information content (AvgIpc) is 3.41. The number of carbonyl (C=O) groups excluding carboxylic acids is 1. The molecule has 3 aromatic rings. The lowest BCUT2D eigenvalue weighted by atomic mass is 10.1. The molecule has 5 rings (SSSR count). The van der Waals surface area contributed by atoms with Crippen molar-refractivity contribution in [2.24, 2.45) is 0 Å². The summed E-state index contributed by atoms with van der Waals surface area (Å²) in [5.74, 6) is 1.42. The molecule has 9 nitrogen and oxygen atoms in total. The number of fused-ring (bicyclic) bond motifs is 1. The summed E-state index contributed by atoms with van der Waals surface area (Å²) in [6, 6.07) is 15.8. The molecule has 0 atom stereocenters. The van der Waals surface area contributed by atoms with Crippen LogP contribution in [0.1, 0.15) is 16.7 Å². The van der Waals surface area contributed by atoms with Gasteiger partial charge in [0.15, 0.2) is 11.5 Å². The maximum Gasteiger partial charge on any atom is 0.268 e. The Hall–Kier alpha value is -3.47. The minimum Gasteiger partial charge on any atom is -0.495 e. The summed E-state index contributed by atoms with van der Waals surface area (Å²) in [5.41, 5.74) is 2.98. The van der Waals surface area contributed by atoms with Crippen molar-refractivity contribution in [1.82, 2.24) is 9.80 Å². The Balaban J connectivity index is 1.33. The molecule has 0 N–H and O–H groups in total. The second kappa shape index (κ2) is 11.6. The van der Waals surface area contributed by atoms with Crippen LogP contribution in [0.3, 0.4) is 0 Å². The van der Waals surface area contributed by atoms with Gasteiger partial charge >= 0.3 is 0 Å². The molecule has 2 aliphatic rings. The van der Waals surface area contributed by atoms with Crippen LogP contribution in [-0.2, 0) is 21.4 Å². The molecule has 212 valence electrons. The highest BCUT2D eigenvalue weighted by Gasteiger charge is 2.32. The first-order valence-corrected chi connectivity index (χ1v) is 14.8. The fourth-order valence-corrected chi connectivity index (χ4v) is 6.66. The number of hydrogen-bond donors (Lipinski definition) is 0. The molecule has 0 aromatic heterocycles. The fourth-order valence-electron chi connectivity index (χ4n) is 4.83. The quantitative estimate of drug-likeness (QED) is 0.391. The zero-order valence-electron chi connectivity index (χ0n) is 22.7. The molecule has 1 fully saturated rings. The van der Waals surface area contributed by atoms with E-state index in [4.69, 9.17) is 25.8 Å². The molecule has 1 saturated heterocycles. The largest absolute Gasteiger partial charge is 0.495 e. The van der Waals surface area contributed by atoms with Gasteiger partial charge in [-0.25, -0.2) is 8.42 Å². The van der Waals surface area contributed by atoms with Crippen LogP contribution in [0.2, 0.25) is 5.02 Å². The summed E-state index contributed by atoms with van der Waals surface area (Å²) in [4.78, 5) is 17.5. The summed E-state index contributed by atoms with van der Waals surface area (Å²) in [5, 5.41) is 0.415. The number of sulfonamides is 1. The van der Waals surface area contributed by atoms with E-state index in [1.165, 1.54) is 7.11 Å². The van der Waals surface area contributed by atoms with Crippen LogP contribution in [0.15, 0.2) is 59.5 Å². The van der Waals surface area contributed by atoms with Gasteiger partial charge in [-0.2, -0.15) is 0 Å². The number of carbonyl (C=O) groups is 1. The van der Waals surface area contributed by atoms with Gasteiger partial charge in [0.1, 0.15) is 17.2 Å². The minimum atomic E-state index is -4.17. The fraction of sp³-hybridized carbons (Fsp3) is 0.345. The lowest BCUT2D eigenvalue weighted by molar-refractivity contribution is -0.131. The minimum absolute atomic E-state index is 0.00644. The predicted octanol–water partition coefficient (Wildman–Crippen LogP) is 4.23. The predicted molar refractivity (Wildman–Crippen MR) is 153 cm³/mol.